The molecule has 1 heterocycles. The van der Waals surface area contributed by atoms with Gasteiger partial charge >= 0.3 is 0 Å². The van der Waals surface area contributed by atoms with Gasteiger partial charge in [0.2, 0.25) is 0 Å². The summed E-state index contributed by atoms with van der Waals surface area (Å²) in [4.78, 5) is 9.28. The first-order valence-electron chi connectivity index (χ1n) is 6.55. The molecule has 1 fully saturated rings. The Labute approximate surface area is 117 Å². The molecule has 1 atom stereocenters. The number of methoxy groups -OCH3 is 1. The van der Waals surface area contributed by atoms with Gasteiger partial charge in [-0.25, -0.2) is 9.97 Å². The Hall–Kier alpha value is -0.680. The highest BCUT2D eigenvalue weighted by molar-refractivity contribution is 9.10. The van der Waals surface area contributed by atoms with E-state index in [1.807, 2.05) is 0 Å². The van der Waals surface area contributed by atoms with Gasteiger partial charge < -0.3 is 10.1 Å². The van der Waals surface area contributed by atoms with E-state index in [1.165, 1.54) is 12.8 Å². The molecule has 1 aliphatic carbocycles. The molecule has 1 saturated carbocycles. The Morgan fingerprint density at radius 1 is 1.39 bits per heavy atom. The van der Waals surface area contributed by atoms with Crippen molar-refractivity contribution in [1.82, 2.24) is 9.97 Å². The number of ether oxygens (including phenoxy) is 1. The van der Waals surface area contributed by atoms with Crippen molar-refractivity contribution in [2.24, 2.45) is 0 Å². The quantitative estimate of drug-likeness (QED) is 0.871. The van der Waals surface area contributed by atoms with Crippen LogP contribution in [-0.2, 0) is 4.74 Å². The highest BCUT2D eigenvalue weighted by Crippen LogP contribution is 2.44. The van der Waals surface area contributed by atoms with E-state index in [0.717, 1.165) is 34.8 Å². The van der Waals surface area contributed by atoms with E-state index in [4.69, 9.17) is 9.72 Å². The maximum atomic E-state index is 5.45. The summed E-state index contributed by atoms with van der Waals surface area (Å²) in [5.74, 6) is 2.27. The van der Waals surface area contributed by atoms with Crippen LogP contribution in [0.2, 0.25) is 0 Å². The minimum absolute atomic E-state index is 0.0204. The molecule has 0 amide bonds. The van der Waals surface area contributed by atoms with Crippen LogP contribution in [0.5, 0.6) is 0 Å². The number of rotatable bonds is 6. The number of nitrogens with zero attached hydrogens (tertiary/aromatic N) is 2. The second kappa shape index (κ2) is 5.97. The second-order valence-corrected chi connectivity index (χ2v) is 5.36. The zero-order valence-electron chi connectivity index (χ0n) is 11.2. The van der Waals surface area contributed by atoms with Gasteiger partial charge in [-0.2, -0.15) is 0 Å². The first-order valence-corrected chi connectivity index (χ1v) is 7.34. The average molecular weight is 314 g/mol. The van der Waals surface area contributed by atoms with Crippen LogP contribution in [0.15, 0.2) is 4.47 Å². The molecule has 2 rings (SSSR count). The molecule has 0 bridgehead atoms. The Balaban J connectivity index is 2.40. The summed E-state index contributed by atoms with van der Waals surface area (Å²) in [6.07, 6.45) is 3.32. The van der Waals surface area contributed by atoms with Gasteiger partial charge in [0.15, 0.2) is 5.82 Å². The Kier molecular flexibility index (Phi) is 4.56. The van der Waals surface area contributed by atoms with E-state index in [2.05, 4.69) is 40.1 Å². The fourth-order valence-electron chi connectivity index (χ4n) is 1.99. The monoisotopic (exact) mass is 313 g/mol. The number of aromatic nitrogens is 2. The molecule has 0 radical (unpaired) electrons. The number of halogens is 1. The zero-order valence-corrected chi connectivity index (χ0v) is 12.7. The topological polar surface area (TPSA) is 47.0 Å². The van der Waals surface area contributed by atoms with Crippen LogP contribution in [0, 0.1) is 0 Å². The fraction of sp³-hybridized carbons (Fsp3) is 0.692. The Bertz CT molecular complexity index is 417. The second-order valence-electron chi connectivity index (χ2n) is 4.57. The maximum Gasteiger partial charge on any atom is 0.159 e. The molecule has 4 nitrogen and oxygen atoms in total. The van der Waals surface area contributed by atoms with Crippen molar-refractivity contribution >= 4 is 21.7 Å². The summed E-state index contributed by atoms with van der Waals surface area (Å²) in [5.41, 5.74) is 1.13. The molecule has 1 unspecified atom stereocenters. The molecule has 0 spiro atoms. The van der Waals surface area contributed by atoms with Gasteiger partial charge in [-0.05, 0) is 42.1 Å². The minimum atomic E-state index is -0.0204. The molecule has 1 aromatic heterocycles. The predicted octanol–water partition coefficient (Wildman–Crippen LogP) is 3.65. The van der Waals surface area contributed by atoms with Crippen molar-refractivity contribution in [2.45, 2.75) is 45.1 Å². The van der Waals surface area contributed by atoms with Crippen LogP contribution in [-0.4, -0.2) is 23.6 Å². The van der Waals surface area contributed by atoms with Gasteiger partial charge in [0.25, 0.3) is 0 Å². The van der Waals surface area contributed by atoms with E-state index < -0.39 is 0 Å². The number of hydrogen-bond donors (Lipinski definition) is 1. The van der Waals surface area contributed by atoms with Gasteiger partial charge in [0.1, 0.15) is 11.9 Å². The van der Waals surface area contributed by atoms with Gasteiger partial charge in [0, 0.05) is 19.6 Å². The van der Waals surface area contributed by atoms with Crippen molar-refractivity contribution in [3.63, 3.8) is 0 Å². The molecular formula is C13H20BrN3O. The number of anilines is 1. The molecule has 5 heteroatoms. The molecule has 0 aliphatic heterocycles. The lowest BCUT2D eigenvalue weighted by Gasteiger charge is -2.16. The molecule has 0 saturated heterocycles. The lowest BCUT2D eigenvalue weighted by molar-refractivity contribution is 0.0924. The summed E-state index contributed by atoms with van der Waals surface area (Å²) in [5, 5.41) is 3.29. The summed E-state index contributed by atoms with van der Waals surface area (Å²) in [6.45, 7) is 5.00. The summed E-state index contributed by atoms with van der Waals surface area (Å²) < 4.78 is 6.46. The third kappa shape index (κ3) is 2.83. The van der Waals surface area contributed by atoms with Gasteiger partial charge in [-0.3, -0.25) is 0 Å². The van der Waals surface area contributed by atoms with Crippen LogP contribution < -0.4 is 5.32 Å². The average Bonchev–Trinajstić information content (AvgIpc) is 3.18. The molecule has 100 valence electrons. The van der Waals surface area contributed by atoms with Crippen LogP contribution in [0.3, 0.4) is 0 Å². The van der Waals surface area contributed by atoms with Gasteiger partial charge in [-0.1, -0.05) is 6.92 Å². The van der Waals surface area contributed by atoms with E-state index >= 15 is 0 Å². The Morgan fingerprint density at radius 3 is 2.61 bits per heavy atom. The van der Waals surface area contributed by atoms with E-state index in [9.17, 15) is 0 Å². The third-order valence-corrected chi connectivity index (χ3v) is 3.93. The normalized spacial score (nSPS) is 16.7. The molecule has 1 N–H and O–H groups in total. The zero-order chi connectivity index (χ0) is 13.1. The Morgan fingerprint density at radius 2 is 2.11 bits per heavy atom. The molecular weight excluding hydrogens is 294 g/mol. The predicted molar refractivity (Wildman–Crippen MR) is 75.9 cm³/mol. The summed E-state index contributed by atoms with van der Waals surface area (Å²) in [7, 11) is 1.71. The minimum Gasteiger partial charge on any atom is -0.373 e. The molecule has 18 heavy (non-hydrogen) atoms. The van der Waals surface area contributed by atoms with Crippen molar-refractivity contribution < 1.29 is 4.74 Å². The van der Waals surface area contributed by atoms with E-state index in [1.54, 1.807) is 7.11 Å². The number of hydrogen-bond acceptors (Lipinski definition) is 4. The lowest BCUT2D eigenvalue weighted by atomic mass is 10.2. The van der Waals surface area contributed by atoms with E-state index in [0.29, 0.717) is 5.92 Å². The van der Waals surface area contributed by atoms with Crippen molar-refractivity contribution in [3.05, 3.63) is 16.0 Å². The lowest BCUT2D eigenvalue weighted by Crippen LogP contribution is -2.12. The van der Waals surface area contributed by atoms with Crippen molar-refractivity contribution in [3.8, 4) is 0 Å². The summed E-state index contributed by atoms with van der Waals surface area (Å²) in [6, 6.07) is 0. The first-order chi connectivity index (χ1) is 8.71. The van der Waals surface area contributed by atoms with Gasteiger partial charge in [-0.15, -0.1) is 0 Å². The van der Waals surface area contributed by atoms with Crippen LogP contribution in [0.25, 0.3) is 0 Å². The highest BCUT2D eigenvalue weighted by atomic mass is 79.9. The standard InChI is InChI=1S/C13H20BrN3O/c1-4-9(18-3)12-16-11(8-6-7-8)10(14)13(17-12)15-5-2/h8-9H,4-7H2,1-3H3,(H,15,16,17). The molecule has 1 aromatic rings. The van der Waals surface area contributed by atoms with Crippen molar-refractivity contribution in [2.75, 3.05) is 19.0 Å². The smallest absolute Gasteiger partial charge is 0.159 e. The molecule has 0 aromatic carbocycles. The van der Waals surface area contributed by atoms with Crippen LogP contribution in [0.4, 0.5) is 5.82 Å². The third-order valence-electron chi connectivity index (χ3n) is 3.15. The van der Waals surface area contributed by atoms with Crippen LogP contribution in [0.1, 0.15) is 56.7 Å². The summed E-state index contributed by atoms with van der Waals surface area (Å²) >= 11 is 3.62. The number of nitrogens with one attached hydrogen (secondary N) is 1. The highest BCUT2D eigenvalue weighted by Gasteiger charge is 2.30. The molecule has 1 aliphatic rings. The van der Waals surface area contributed by atoms with E-state index in [-0.39, 0.29) is 6.10 Å². The largest absolute Gasteiger partial charge is 0.373 e. The van der Waals surface area contributed by atoms with Crippen molar-refractivity contribution in [1.29, 1.82) is 0 Å². The fourth-order valence-corrected chi connectivity index (χ4v) is 2.63. The van der Waals surface area contributed by atoms with Gasteiger partial charge in [0.05, 0.1) is 10.2 Å². The van der Waals surface area contributed by atoms with Crippen LogP contribution >= 0.6 is 15.9 Å². The first kappa shape index (κ1) is 13.7. The maximum absolute atomic E-state index is 5.45. The SMILES string of the molecule is CCNc1nc(C(CC)OC)nc(C2CC2)c1Br.